The normalized spacial score (nSPS) is 16.0. The molecule has 0 saturated carbocycles. The lowest BCUT2D eigenvalue weighted by Gasteiger charge is -2.31. The van der Waals surface area contributed by atoms with E-state index in [0.29, 0.717) is 25.5 Å². The van der Waals surface area contributed by atoms with Crippen LogP contribution in [0.3, 0.4) is 0 Å². The molecule has 2 aromatic heterocycles. The first-order valence-corrected chi connectivity index (χ1v) is 11.1. The van der Waals surface area contributed by atoms with E-state index >= 15 is 0 Å². The van der Waals surface area contributed by atoms with Crippen molar-refractivity contribution in [3.05, 3.63) is 54.4 Å². The summed E-state index contributed by atoms with van der Waals surface area (Å²) in [5.74, 6) is 2.35. The molecule has 0 bridgehead atoms. The Kier molecular flexibility index (Phi) is 5.77. The number of fused-ring (bicyclic) bond motifs is 1. The molecular formula is C24H27N5O3. The summed E-state index contributed by atoms with van der Waals surface area (Å²) in [4.78, 5) is 22.0. The van der Waals surface area contributed by atoms with Crippen molar-refractivity contribution < 1.29 is 14.3 Å². The fraction of sp³-hybridized carbons (Fsp3) is 0.375. The maximum Gasteiger partial charge on any atom is 0.266 e. The minimum atomic E-state index is -0.0761. The van der Waals surface area contributed by atoms with Crippen LogP contribution in [-0.4, -0.2) is 60.1 Å². The van der Waals surface area contributed by atoms with Gasteiger partial charge in [-0.05, 0) is 37.6 Å². The molecule has 32 heavy (non-hydrogen) atoms. The number of rotatable bonds is 5. The molecule has 1 amide bonds. The van der Waals surface area contributed by atoms with Gasteiger partial charge in [0.15, 0.2) is 6.61 Å². The van der Waals surface area contributed by atoms with Gasteiger partial charge in [-0.15, -0.1) is 0 Å². The summed E-state index contributed by atoms with van der Waals surface area (Å²) in [6, 6.07) is 13.4. The van der Waals surface area contributed by atoms with Gasteiger partial charge in [-0.2, -0.15) is 5.10 Å². The monoisotopic (exact) mass is 433 g/mol. The van der Waals surface area contributed by atoms with Crippen LogP contribution in [0.2, 0.25) is 0 Å². The lowest BCUT2D eigenvalue weighted by molar-refractivity contribution is -0.120. The largest absolute Gasteiger partial charge is 0.484 e. The van der Waals surface area contributed by atoms with Crippen LogP contribution in [0.25, 0.3) is 11.1 Å². The molecule has 2 aliphatic heterocycles. The van der Waals surface area contributed by atoms with Crippen LogP contribution in [0.4, 0.5) is 11.6 Å². The molecule has 0 spiro atoms. The lowest BCUT2D eigenvalue weighted by atomic mass is 10.0. The molecule has 0 N–H and O–H groups in total. The molecule has 0 atom stereocenters. The molecule has 2 aliphatic rings. The summed E-state index contributed by atoms with van der Waals surface area (Å²) in [5, 5.41) is 4.78. The molecule has 0 aliphatic carbocycles. The highest BCUT2D eigenvalue weighted by molar-refractivity contribution is 5.99. The van der Waals surface area contributed by atoms with E-state index in [4.69, 9.17) is 19.6 Å². The molecule has 8 nitrogen and oxygen atoms in total. The van der Waals surface area contributed by atoms with Crippen LogP contribution in [0.1, 0.15) is 12.1 Å². The van der Waals surface area contributed by atoms with Crippen LogP contribution in [0, 0.1) is 6.92 Å². The summed E-state index contributed by atoms with van der Waals surface area (Å²) >= 11 is 0. The molecule has 4 heterocycles. The third-order valence-electron chi connectivity index (χ3n) is 5.88. The molecular weight excluding hydrogens is 406 g/mol. The topological polar surface area (TPSA) is 72.7 Å². The number of pyridine rings is 1. The quantitative estimate of drug-likeness (QED) is 0.616. The Labute approximate surface area is 187 Å². The number of aryl methyl sites for hydroxylation is 2. The number of morpholine rings is 1. The number of carbonyl (C=O) groups excluding carboxylic acids is 1. The molecule has 5 rings (SSSR count). The van der Waals surface area contributed by atoms with Crippen molar-refractivity contribution in [3.8, 4) is 16.9 Å². The maximum atomic E-state index is 13.2. The number of ether oxygens (including phenoxy) is 2. The highest BCUT2D eigenvalue weighted by atomic mass is 16.5. The van der Waals surface area contributed by atoms with E-state index in [1.807, 2.05) is 59.1 Å². The predicted molar refractivity (Wildman–Crippen MR) is 122 cm³/mol. The van der Waals surface area contributed by atoms with E-state index in [1.54, 1.807) is 0 Å². The third kappa shape index (κ3) is 3.93. The Morgan fingerprint density at radius 2 is 1.88 bits per heavy atom. The number of hydrogen-bond acceptors (Lipinski definition) is 6. The van der Waals surface area contributed by atoms with Gasteiger partial charge in [-0.1, -0.05) is 18.2 Å². The van der Waals surface area contributed by atoms with Gasteiger partial charge in [0.25, 0.3) is 5.91 Å². The summed E-state index contributed by atoms with van der Waals surface area (Å²) in [6.07, 6.45) is 2.67. The number of para-hydroxylation sites is 1. The zero-order chi connectivity index (χ0) is 21.9. The fourth-order valence-electron chi connectivity index (χ4n) is 4.40. The van der Waals surface area contributed by atoms with Crippen LogP contribution < -0.4 is 14.5 Å². The van der Waals surface area contributed by atoms with Crippen LogP contribution in [0.5, 0.6) is 5.75 Å². The zero-order valence-electron chi connectivity index (χ0n) is 18.2. The molecule has 1 aromatic carbocycles. The van der Waals surface area contributed by atoms with Gasteiger partial charge >= 0.3 is 0 Å². The van der Waals surface area contributed by atoms with E-state index in [0.717, 1.165) is 54.5 Å². The van der Waals surface area contributed by atoms with Gasteiger partial charge in [-0.3, -0.25) is 9.69 Å². The van der Waals surface area contributed by atoms with E-state index in [2.05, 4.69) is 11.0 Å². The molecule has 166 valence electrons. The third-order valence-corrected chi connectivity index (χ3v) is 5.88. The van der Waals surface area contributed by atoms with Crippen molar-refractivity contribution >= 4 is 17.5 Å². The Hall–Kier alpha value is -3.39. The van der Waals surface area contributed by atoms with Crippen LogP contribution in [-0.2, 0) is 16.1 Å². The Balaban J connectivity index is 1.49. The van der Waals surface area contributed by atoms with Crippen molar-refractivity contribution in [1.82, 2.24) is 14.8 Å². The number of hydrogen-bond donors (Lipinski definition) is 0. The second-order valence-electron chi connectivity index (χ2n) is 7.98. The second kappa shape index (κ2) is 9.00. The summed E-state index contributed by atoms with van der Waals surface area (Å²) in [5.41, 5.74) is 2.86. The molecule has 1 fully saturated rings. The summed E-state index contributed by atoms with van der Waals surface area (Å²) in [6.45, 7) is 6.36. The summed E-state index contributed by atoms with van der Waals surface area (Å²) in [7, 11) is 0. The minimum absolute atomic E-state index is 0.0168. The van der Waals surface area contributed by atoms with E-state index in [9.17, 15) is 4.79 Å². The van der Waals surface area contributed by atoms with Gasteiger partial charge in [0.2, 0.25) is 0 Å². The second-order valence-corrected chi connectivity index (χ2v) is 7.98. The van der Waals surface area contributed by atoms with E-state index in [1.165, 1.54) is 0 Å². The van der Waals surface area contributed by atoms with Crippen molar-refractivity contribution in [3.63, 3.8) is 0 Å². The highest BCUT2D eigenvalue weighted by Crippen LogP contribution is 2.40. The zero-order valence-corrected chi connectivity index (χ0v) is 18.2. The molecule has 8 heteroatoms. The average molecular weight is 434 g/mol. The lowest BCUT2D eigenvalue weighted by Crippen LogP contribution is -2.40. The van der Waals surface area contributed by atoms with Crippen LogP contribution in [0.15, 0.2) is 48.7 Å². The number of amides is 1. The highest BCUT2D eigenvalue weighted by Gasteiger charge is 2.31. The average Bonchev–Trinajstić information content (AvgIpc) is 3.19. The van der Waals surface area contributed by atoms with Gasteiger partial charge in [0, 0.05) is 37.9 Å². The first-order valence-electron chi connectivity index (χ1n) is 11.1. The van der Waals surface area contributed by atoms with Crippen molar-refractivity contribution in [2.45, 2.75) is 19.9 Å². The Morgan fingerprint density at radius 3 is 2.69 bits per heavy atom. The maximum absolute atomic E-state index is 13.2. The van der Waals surface area contributed by atoms with Gasteiger partial charge in [0.1, 0.15) is 17.4 Å². The number of carbonyl (C=O) groups is 1. The standard InChI is InChI=1S/C24H27N5O3/c1-18-22(20-9-5-10-25-23(20)27-13-15-31-16-14-27)24-28(11-6-12-29(24)26-18)21(30)17-32-19-7-3-2-4-8-19/h2-5,7-10H,6,11-17H2,1H3. The molecule has 0 radical (unpaired) electrons. The van der Waals surface area contributed by atoms with Crippen molar-refractivity contribution in [2.75, 3.05) is 49.3 Å². The van der Waals surface area contributed by atoms with E-state index < -0.39 is 0 Å². The van der Waals surface area contributed by atoms with Gasteiger partial charge in [0.05, 0.1) is 24.5 Å². The molecule has 1 saturated heterocycles. The predicted octanol–water partition coefficient (Wildman–Crippen LogP) is 2.91. The first-order chi connectivity index (χ1) is 15.7. The number of anilines is 2. The Morgan fingerprint density at radius 1 is 1.06 bits per heavy atom. The van der Waals surface area contributed by atoms with Crippen LogP contribution >= 0.6 is 0 Å². The smallest absolute Gasteiger partial charge is 0.266 e. The van der Waals surface area contributed by atoms with Gasteiger partial charge < -0.3 is 14.4 Å². The van der Waals surface area contributed by atoms with Crippen molar-refractivity contribution in [2.24, 2.45) is 0 Å². The van der Waals surface area contributed by atoms with Gasteiger partial charge in [-0.25, -0.2) is 9.67 Å². The minimum Gasteiger partial charge on any atom is -0.484 e. The fourth-order valence-corrected chi connectivity index (χ4v) is 4.40. The van der Waals surface area contributed by atoms with Crippen molar-refractivity contribution in [1.29, 1.82) is 0 Å². The Bertz CT molecular complexity index is 1090. The first kappa shape index (κ1) is 20.5. The molecule has 3 aromatic rings. The number of nitrogens with zero attached hydrogens (tertiary/aromatic N) is 5. The van der Waals surface area contributed by atoms with E-state index in [-0.39, 0.29) is 12.5 Å². The number of aromatic nitrogens is 3. The molecule has 0 unspecified atom stereocenters. The summed E-state index contributed by atoms with van der Waals surface area (Å²) < 4.78 is 13.2. The SMILES string of the molecule is Cc1nn2c(c1-c1cccnc1N1CCOCC1)N(C(=O)COc1ccccc1)CCC2. The number of benzene rings is 1.